The number of likely N-dealkylation sites (N-methyl/N-ethyl adjacent to an activating group) is 2. The quantitative estimate of drug-likeness (QED) is 0.439. The zero-order chi connectivity index (χ0) is 14.4. The number of anilines is 2. The van der Waals surface area contributed by atoms with E-state index in [9.17, 15) is 10.1 Å². The molecule has 1 aromatic rings. The molecule has 0 radical (unpaired) electrons. The molecule has 0 aliphatic carbocycles. The molecule has 0 saturated heterocycles. The minimum atomic E-state index is -0.423. The number of benzene rings is 1. The molecular weight excluding hydrogens is 248 g/mol. The highest BCUT2D eigenvalue weighted by molar-refractivity contribution is 5.73. The summed E-state index contributed by atoms with van der Waals surface area (Å²) in [6.07, 6.45) is 0. The summed E-state index contributed by atoms with van der Waals surface area (Å²) < 4.78 is 5.13. The maximum atomic E-state index is 11.1. The highest BCUT2D eigenvalue weighted by Gasteiger charge is 2.21. The van der Waals surface area contributed by atoms with Crippen molar-refractivity contribution in [3.63, 3.8) is 0 Å². The minimum Gasteiger partial charge on any atom is -0.495 e. The van der Waals surface area contributed by atoms with Gasteiger partial charge in [0.1, 0.15) is 11.4 Å². The first-order valence-corrected chi connectivity index (χ1v) is 6.06. The highest BCUT2D eigenvalue weighted by Crippen LogP contribution is 2.36. The van der Waals surface area contributed by atoms with Gasteiger partial charge in [0, 0.05) is 31.8 Å². The summed E-state index contributed by atoms with van der Waals surface area (Å²) in [6.45, 7) is 4.01. The van der Waals surface area contributed by atoms with E-state index in [4.69, 9.17) is 10.5 Å². The fourth-order valence-corrected chi connectivity index (χ4v) is 1.85. The van der Waals surface area contributed by atoms with Gasteiger partial charge in [0.25, 0.3) is 5.69 Å². The van der Waals surface area contributed by atoms with E-state index in [-0.39, 0.29) is 11.4 Å². The standard InChI is InChI=1S/C12H20N4O3/c1-4-15(6-5-14-2)10-8-12(19-3)9(13)7-11(10)16(17)18/h7-8,14H,4-6,13H2,1-3H3. The third-order valence-electron chi connectivity index (χ3n) is 2.88. The van der Waals surface area contributed by atoms with Crippen molar-refractivity contribution in [1.29, 1.82) is 0 Å². The number of rotatable bonds is 7. The van der Waals surface area contributed by atoms with Crippen molar-refractivity contribution in [1.82, 2.24) is 5.32 Å². The van der Waals surface area contributed by atoms with Crippen LogP contribution in [-0.2, 0) is 0 Å². The molecular formula is C12H20N4O3. The van der Waals surface area contributed by atoms with Crippen LogP contribution in [0.15, 0.2) is 12.1 Å². The van der Waals surface area contributed by atoms with Crippen molar-refractivity contribution in [3.8, 4) is 5.75 Å². The number of ether oxygens (including phenoxy) is 1. The van der Waals surface area contributed by atoms with Gasteiger partial charge >= 0.3 is 0 Å². The van der Waals surface area contributed by atoms with E-state index < -0.39 is 4.92 Å². The van der Waals surface area contributed by atoms with Crippen molar-refractivity contribution in [2.45, 2.75) is 6.92 Å². The molecule has 19 heavy (non-hydrogen) atoms. The van der Waals surface area contributed by atoms with Gasteiger partial charge in [-0.3, -0.25) is 10.1 Å². The summed E-state index contributed by atoms with van der Waals surface area (Å²) in [5.74, 6) is 0.448. The lowest BCUT2D eigenvalue weighted by Gasteiger charge is -2.23. The van der Waals surface area contributed by atoms with Gasteiger partial charge in [0.15, 0.2) is 0 Å². The molecule has 0 fully saturated rings. The number of hydrogen-bond donors (Lipinski definition) is 2. The molecule has 106 valence electrons. The number of nitro groups is 1. The average Bonchev–Trinajstić information content (AvgIpc) is 2.40. The molecule has 7 heteroatoms. The fourth-order valence-electron chi connectivity index (χ4n) is 1.85. The Labute approximate surface area is 112 Å². The topological polar surface area (TPSA) is 93.7 Å². The van der Waals surface area contributed by atoms with Crippen LogP contribution in [0.4, 0.5) is 17.1 Å². The molecule has 1 rings (SSSR count). The molecule has 0 aromatic heterocycles. The molecule has 0 amide bonds. The number of nitrogens with zero attached hydrogens (tertiary/aromatic N) is 2. The molecule has 0 aliphatic rings. The first-order chi connectivity index (χ1) is 9.04. The lowest BCUT2D eigenvalue weighted by molar-refractivity contribution is -0.384. The van der Waals surface area contributed by atoms with Crippen LogP contribution in [0, 0.1) is 10.1 Å². The molecule has 0 aliphatic heterocycles. The van der Waals surface area contributed by atoms with Crippen LogP contribution in [0.1, 0.15) is 6.92 Å². The molecule has 0 bridgehead atoms. The van der Waals surface area contributed by atoms with Crippen molar-refractivity contribution in [3.05, 3.63) is 22.2 Å². The Hall–Kier alpha value is -2.02. The van der Waals surface area contributed by atoms with Crippen LogP contribution in [-0.4, -0.2) is 38.7 Å². The Kier molecular flexibility index (Phi) is 5.37. The average molecular weight is 268 g/mol. The lowest BCUT2D eigenvalue weighted by atomic mass is 10.2. The zero-order valence-corrected chi connectivity index (χ0v) is 11.5. The van der Waals surface area contributed by atoms with Gasteiger partial charge in [-0.25, -0.2) is 0 Å². The predicted octanol–water partition coefficient (Wildman–Crippen LogP) is 1.23. The second-order valence-electron chi connectivity index (χ2n) is 4.02. The van der Waals surface area contributed by atoms with Crippen LogP contribution >= 0.6 is 0 Å². The van der Waals surface area contributed by atoms with Gasteiger partial charge < -0.3 is 20.7 Å². The van der Waals surface area contributed by atoms with Crippen LogP contribution in [0.5, 0.6) is 5.75 Å². The van der Waals surface area contributed by atoms with Gasteiger partial charge in [-0.1, -0.05) is 0 Å². The predicted molar refractivity (Wildman–Crippen MR) is 75.9 cm³/mol. The maximum Gasteiger partial charge on any atom is 0.294 e. The summed E-state index contributed by atoms with van der Waals surface area (Å²) in [5.41, 5.74) is 6.50. The van der Waals surface area contributed by atoms with Gasteiger partial charge in [0.05, 0.1) is 17.7 Å². The second-order valence-corrected chi connectivity index (χ2v) is 4.02. The van der Waals surface area contributed by atoms with E-state index in [0.29, 0.717) is 24.5 Å². The summed E-state index contributed by atoms with van der Waals surface area (Å²) in [4.78, 5) is 12.6. The van der Waals surface area contributed by atoms with Crippen LogP contribution in [0.25, 0.3) is 0 Å². The second kappa shape index (κ2) is 6.79. The molecule has 0 heterocycles. The summed E-state index contributed by atoms with van der Waals surface area (Å²) in [7, 11) is 3.33. The summed E-state index contributed by atoms with van der Waals surface area (Å²) in [5, 5.41) is 14.2. The van der Waals surface area contributed by atoms with Gasteiger partial charge in [-0.2, -0.15) is 0 Å². The minimum absolute atomic E-state index is 0.00347. The Morgan fingerprint density at radius 3 is 2.68 bits per heavy atom. The van der Waals surface area contributed by atoms with Crippen LogP contribution < -0.4 is 20.7 Å². The number of methoxy groups -OCH3 is 1. The van der Waals surface area contributed by atoms with Crippen molar-refractivity contribution in [2.24, 2.45) is 0 Å². The zero-order valence-electron chi connectivity index (χ0n) is 11.5. The summed E-state index contributed by atoms with van der Waals surface area (Å²) >= 11 is 0. The van der Waals surface area contributed by atoms with Crippen LogP contribution in [0.2, 0.25) is 0 Å². The molecule has 3 N–H and O–H groups in total. The number of hydrogen-bond acceptors (Lipinski definition) is 6. The van der Waals surface area contributed by atoms with Gasteiger partial charge in [-0.05, 0) is 14.0 Å². The number of nitrogen functional groups attached to an aromatic ring is 1. The normalized spacial score (nSPS) is 10.3. The number of nitrogens with one attached hydrogen (secondary N) is 1. The van der Waals surface area contributed by atoms with Gasteiger partial charge in [-0.15, -0.1) is 0 Å². The van der Waals surface area contributed by atoms with E-state index in [2.05, 4.69) is 5.32 Å². The Morgan fingerprint density at radius 2 is 2.21 bits per heavy atom. The molecule has 0 spiro atoms. The van der Waals surface area contributed by atoms with Crippen molar-refractivity contribution in [2.75, 3.05) is 44.4 Å². The Morgan fingerprint density at radius 1 is 1.53 bits per heavy atom. The maximum absolute atomic E-state index is 11.1. The first-order valence-electron chi connectivity index (χ1n) is 6.06. The Bertz CT molecular complexity index is 451. The van der Waals surface area contributed by atoms with Crippen molar-refractivity contribution >= 4 is 17.1 Å². The van der Waals surface area contributed by atoms with E-state index in [0.717, 1.165) is 6.54 Å². The fraction of sp³-hybridized carbons (Fsp3) is 0.500. The monoisotopic (exact) mass is 268 g/mol. The van der Waals surface area contributed by atoms with Crippen LogP contribution in [0.3, 0.4) is 0 Å². The van der Waals surface area contributed by atoms with E-state index >= 15 is 0 Å². The third kappa shape index (κ3) is 3.47. The highest BCUT2D eigenvalue weighted by atomic mass is 16.6. The smallest absolute Gasteiger partial charge is 0.294 e. The Balaban J connectivity index is 3.24. The third-order valence-corrected chi connectivity index (χ3v) is 2.88. The van der Waals surface area contributed by atoms with E-state index in [1.54, 1.807) is 6.07 Å². The first kappa shape index (κ1) is 15.0. The summed E-state index contributed by atoms with van der Waals surface area (Å²) in [6, 6.07) is 2.96. The van der Waals surface area contributed by atoms with Crippen molar-refractivity contribution < 1.29 is 9.66 Å². The molecule has 0 atom stereocenters. The SMILES string of the molecule is CCN(CCNC)c1cc(OC)c(N)cc1[N+](=O)[O-]. The van der Waals surface area contributed by atoms with Gasteiger partial charge in [0.2, 0.25) is 0 Å². The largest absolute Gasteiger partial charge is 0.495 e. The molecule has 7 nitrogen and oxygen atoms in total. The molecule has 0 unspecified atom stereocenters. The van der Waals surface area contributed by atoms with E-state index in [1.807, 2.05) is 18.9 Å². The lowest BCUT2D eigenvalue weighted by Crippen LogP contribution is -2.31. The molecule has 0 saturated carbocycles. The number of nitro benzene ring substituents is 1. The van der Waals surface area contributed by atoms with E-state index in [1.165, 1.54) is 13.2 Å². The number of nitrogens with two attached hydrogens (primary N) is 1. The molecule has 1 aromatic carbocycles.